The Labute approximate surface area is 204 Å². The van der Waals surface area contributed by atoms with Crippen LogP contribution >= 0.6 is 0 Å². The maximum Gasteiger partial charge on any atom is 0.222 e. The molecule has 2 aromatic heterocycles. The van der Waals surface area contributed by atoms with Crippen LogP contribution in [0.2, 0.25) is 0 Å². The van der Waals surface area contributed by atoms with Crippen molar-refractivity contribution in [3.05, 3.63) is 66.5 Å². The largest absolute Gasteiger partial charge is 0.494 e. The minimum absolute atomic E-state index is 0.217. The zero-order chi connectivity index (χ0) is 24.0. The summed E-state index contributed by atoms with van der Waals surface area (Å²) in [4.78, 5) is 25.8. The van der Waals surface area contributed by atoms with Crippen LogP contribution in [0.1, 0.15) is 25.3 Å². The van der Waals surface area contributed by atoms with Gasteiger partial charge in [-0.3, -0.25) is 4.79 Å². The van der Waals surface area contributed by atoms with Crippen LogP contribution in [0, 0.1) is 0 Å². The molecule has 0 radical (unpaired) electrons. The van der Waals surface area contributed by atoms with Gasteiger partial charge in [-0.15, -0.1) is 5.10 Å². The van der Waals surface area contributed by atoms with Gasteiger partial charge in [0.05, 0.1) is 12.3 Å². The van der Waals surface area contributed by atoms with Crippen molar-refractivity contribution >= 4 is 22.9 Å². The summed E-state index contributed by atoms with van der Waals surface area (Å²) < 4.78 is 7.24. The van der Waals surface area contributed by atoms with E-state index in [1.165, 1.54) is 5.56 Å². The monoisotopic (exact) mass is 471 g/mol. The topological polar surface area (TPSA) is 89.3 Å². The van der Waals surface area contributed by atoms with Crippen LogP contribution in [0.5, 0.6) is 5.75 Å². The first-order valence-electron chi connectivity index (χ1n) is 12.1. The number of hydrogen-bond acceptors (Lipinski definition) is 7. The maximum absolute atomic E-state index is 12.7. The fourth-order valence-corrected chi connectivity index (χ4v) is 4.41. The van der Waals surface area contributed by atoms with E-state index in [-0.39, 0.29) is 5.91 Å². The summed E-state index contributed by atoms with van der Waals surface area (Å²) in [6, 6.07) is 18.0. The summed E-state index contributed by atoms with van der Waals surface area (Å²) in [5.41, 5.74) is 3.44. The lowest BCUT2D eigenvalue weighted by Crippen LogP contribution is -2.49. The number of carbonyl (C=O) groups is 1. The van der Waals surface area contributed by atoms with Gasteiger partial charge in [0.1, 0.15) is 12.1 Å². The molecule has 0 bridgehead atoms. The summed E-state index contributed by atoms with van der Waals surface area (Å²) in [7, 11) is 0. The van der Waals surface area contributed by atoms with Crippen LogP contribution in [0.3, 0.4) is 0 Å². The third-order valence-electron chi connectivity index (χ3n) is 6.24. The van der Waals surface area contributed by atoms with Crippen LogP contribution in [0.4, 0.5) is 5.82 Å². The number of rotatable bonds is 8. The molecule has 5 rings (SSSR count). The van der Waals surface area contributed by atoms with Gasteiger partial charge in [-0.1, -0.05) is 35.5 Å². The Morgan fingerprint density at radius 3 is 2.49 bits per heavy atom. The minimum Gasteiger partial charge on any atom is -0.494 e. The van der Waals surface area contributed by atoms with Gasteiger partial charge >= 0.3 is 0 Å². The van der Waals surface area contributed by atoms with E-state index >= 15 is 0 Å². The van der Waals surface area contributed by atoms with Crippen LogP contribution in [0.15, 0.2) is 60.9 Å². The lowest BCUT2D eigenvalue weighted by Gasteiger charge is -2.35. The smallest absolute Gasteiger partial charge is 0.222 e. The first kappa shape index (κ1) is 22.8. The highest BCUT2D eigenvalue weighted by molar-refractivity contribution is 5.84. The van der Waals surface area contributed by atoms with Crippen molar-refractivity contribution < 1.29 is 9.53 Å². The molecule has 2 aromatic carbocycles. The van der Waals surface area contributed by atoms with E-state index in [0.29, 0.717) is 50.4 Å². The van der Waals surface area contributed by atoms with E-state index < -0.39 is 0 Å². The van der Waals surface area contributed by atoms with Crippen molar-refractivity contribution in [1.29, 1.82) is 0 Å². The van der Waals surface area contributed by atoms with Gasteiger partial charge in [0.15, 0.2) is 17.0 Å². The summed E-state index contributed by atoms with van der Waals surface area (Å²) in [6.45, 7) is 5.32. The Morgan fingerprint density at radius 2 is 1.74 bits per heavy atom. The molecule has 180 valence electrons. The van der Waals surface area contributed by atoms with Gasteiger partial charge in [0.25, 0.3) is 0 Å². The number of piperazine rings is 1. The van der Waals surface area contributed by atoms with Crippen molar-refractivity contribution in [2.75, 3.05) is 37.7 Å². The SMILES string of the molecule is CCOc1ccc(-n2nnc3c(N4CCN(C(=O)CCCc5ccccc5)CC4)ncnc32)cc1. The molecule has 1 aliphatic heterocycles. The maximum atomic E-state index is 12.7. The molecule has 1 aliphatic rings. The molecule has 9 nitrogen and oxygen atoms in total. The molecule has 0 saturated carbocycles. The Bertz CT molecular complexity index is 1270. The zero-order valence-electron chi connectivity index (χ0n) is 19.9. The number of benzene rings is 2. The van der Waals surface area contributed by atoms with Gasteiger partial charge in [0.2, 0.25) is 5.91 Å². The highest BCUT2D eigenvalue weighted by atomic mass is 16.5. The summed E-state index contributed by atoms with van der Waals surface area (Å²) in [6.07, 6.45) is 3.91. The molecule has 4 aromatic rings. The molecule has 1 fully saturated rings. The summed E-state index contributed by atoms with van der Waals surface area (Å²) in [5.74, 6) is 1.78. The van der Waals surface area contributed by atoms with Crippen molar-refractivity contribution in [2.24, 2.45) is 0 Å². The second-order valence-corrected chi connectivity index (χ2v) is 8.50. The Hall–Kier alpha value is -4.01. The van der Waals surface area contributed by atoms with E-state index in [1.807, 2.05) is 54.3 Å². The molecule has 0 spiro atoms. The summed E-state index contributed by atoms with van der Waals surface area (Å²) in [5, 5.41) is 8.72. The Morgan fingerprint density at radius 1 is 0.971 bits per heavy atom. The number of fused-ring (bicyclic) bond motifs is 1. The number of nitrogens with zero attached hydrogens (tertiary/aromatic N) is 7. The fourth-order valence-electron chi connectivity index (χ4n) is 4.41. The van der Waals surface area contributed by atoms with Crippen molar-refractivity contribution in [1.82, 2.24) is 29.9 Å². The van der Waals surface area contributed by atoms with Gasteiger partial charge in [-0.2, -0.15) is 4.68 Å². The lowest BCUT2D eigenvalue weighted by molar-refractivity contribution is -0.131. The number of anilines is 1. The Balaban J connectivity index is 1.22. The van der Waals surface area contributed by atoms with Crippen LogP contribution in [-0.4, -0.2) is 68.6 Å². The van der Waals surface area contributed by atoms with Gasteiger partial charge < -0.3 is 14.5 Å². The number of ether oxygens (including phenoxy) is 1. The number of aromatic nitrogens is 5. The quantitative estimate of drug-likeness (QED) is 0.390. The predicted molar refractivity (Wildman–Crippen MR) is 134 cm³/mol. The molecule has 35 heavy (non-hydrogen) atoms. The fraction of sp³-hybridized carbons (Fsp3) is 0.346. The number of hydrogen-bond donors (Lipinski definition) is 0. The van der Waals surface area contributed by atoms with Crippen molar-refractivity contribution in [2.45, 2.75) is 26.2 Å². The van der Waals surface area contributed by atoms with Crippen LogP contribution in [-0.2, 0) is 11.2 Å². The molecule has 3 heterocycles. The van der Waals surface area contributed by atoms with E-state index in [4.69, 9.17) is 4.74 Å². The zero-order valence-corrected chi connectivity index (χ0v) is 19.9. The van der Waals surface area contributed by atoms with Crippen LogP contribution < -0.4 is 9.64 Å². The van der Waals surface area contributed by atoms with Gasteiger partial charge in [-0.05, 0) is 49.6 Å². The molecule has 0 unspecified atom stereocenters. The van der Waals surface area contributed by atoms with E-state index in [2.05, 4.69) is 37.3 Å². The van der Waals surface area contributed by atoms with Crippen LogP contribution in [0.25, 0.3) is 16.9 Å². The van der Waals surface area contributed by atoms with E-state index in [9.17, 15) is 4.79 Å². The molecule has 0 aliphatic carbocycles. The molecule has 9 heteroatoms. The molecule has 0 atom stereocenters. The molecule has 1 saturated heterocycles. The lowest BCUT2D eigenvalue weighted by atomic mass is 10.1. The van der Waals surface area contributed by atoms with Gasteiger partial charge in [-0.25, -0.2) is 9.97 Å². The average molecular weight is 472 g/mol. The van der Waals surface area contributed by atoms with Crippen molar-refractivity contribution in [3.63, 3.8) is 0 Å². The number of amides is 1. The third-order valence-corrected chi connectivity index (χ3v) is 6.24. The average Bonchev–Trinajstić information content (AvgIpc) is 3.34. The van der Waals surface area contributed by atoms with E-state index in [1.54, 1.807) is 11.0 Å². The molecular formula is C26H29N7O2. The highest BCUT2D eigenvalue weighted by Crippen LogP contribution is 2.24. The molecule has 0 N–H and O–H groups in total. The summed E-state index contributed by atoms with van der Waals surface area (Å²) >= 11 is 0. The minimum atomic E-state index is 0.217. The number of aryl methyl sites for hydroxylation is 1. The first-order valence-corrected chi connectivity index (χ1v) is 12.1. The normalized spacial score (nSPS) is 13.9. The Kier molecular flexibility index (Phi) is 6.83. The molecular weight excluding hydrogens is 442 g/mol. The second-order valence-electron chi connectivity index (χ2n) is 8.50. The van der Waals surface area contributed by atoms with Crippen molar-refractivity contribution in [3.8, 4) is 11.4 Å². The van der Waals surface area contributed by atoms with E-state index in [0.717, 1.165) is 30.1 Å². The predicted octanol–water partition coefficient (Wildman–Crippen LogP) is 3.28. The standard InChI is InChI=1S/C26H29N7O2/c1-2-35-22-13-11-21(12-14-22)33-26-24(29-30-33)25(27-19-28-26)32-17-15-31(16-18-32)23(34)10-6-9-20-7-4-3-5-8-20/h3-5,7-8,11-14,19H,2,6,9-10,15-18H2,1H3. The highest BCUT2D eigenvalue weighted by Gasteiger charge is 2.24. The third kappa shape index (κ3) is 5.08. The second kappa shape index (κ2) is 10.5. The van der Waals surface area contributed by atoms with Gasteiger partial charge in [0, 0.05) is 32.6 Å². The first-order chi connectivity index (χ1) is 17.2. The number of carbonyl (C=O) groups excluding carboxylic acids is 1. The molecule has 1 amide bonds.